The van der Waals surface area contributed by atoms with Crippen molar-refractivity contribution in [3.63, 3.8) is 0 Å². The lowest BCUT2D eigenvalue weighted by molar-refractivity contribution is -0.145. The first-order valence-corrected chi connectivity index (χ1v) is 16.7. The first kappa shape index (κ1) is 30.3. The summed E-state index contributed by atoms with van der Waals surface area (Å²) in [5.74, 6) is -3.00. The molecule has 2 N–H and O–H groups in total. The maximum atomic E-state index is 15.4. The molecule has 10 heteroatoms. The summed E-state index contributed by atoms with van der Waals surface area (Å²) >= 11 is 0. The Morgan fingerprint density at radius 3 is 2.45 bits per heavy atom. The van der Waals surface area contributed by atoms with E-state index in [0.717, 1.165) is 37.6 Å². The van der Waals surface area contributed by atoms with Crippen LogP contribution in [-0.4, -0.2) is 78.3 Å². The first-order chi connectivity index (χ1) is 20.9. The van der Waals surface area contributed by atoms with Crippen molar-refractivity contribution in [1.82, 2.24) is 9.80 Å². The molecule has 3 unspecified atom stereocenters. The van der Waals surface area contributed by atoms with E-state index in [4.69, 9.17) is 0 Å². The number of benzene rings is 2. The first-order valence-electron chi connectivity index (χ1n) is 15.1. The topological polar surface area (TPSA) is 115 Å². The molecule has 0 spiro atoms. The molecule has 232 valence electrons. The molecule has 3 atom stereocenters. The molecule has 44 heavy (non-hydrogen) atoms. The number of nitrogens with zero attached hydrogens (tertiary/aromatic N) is 2. The predicted octanol–water partition coefficient (Wildman–Crippen LogP) is 4.50. The van der Waals surface area contributed by atoms with Crippen LogP contribution < -0.4 is 0 Å². The standard InChI is InChI=1S/C34H37FN2O6S/c1-34(33(40)41)10-9-31(28(19-34)32(38)39)44(42,43)14-6-11-36-20-24(21-36)26-18-25-23(16-29(26)35)17-30(37-12-5-13-37)27(25)15-22-7-3-2-4-8-22/h2-4,6-11,16,18,24,27,30H,5,12-15,17,19-21H2,1H3,(H,38,39)(H,40,41). The van der Waals surface area contributed by atoms with E-state index in [0.29, 0.717) is 30.6 Å². The average molecular weight is 621 g/mol. The Balaban J connectivity index is 1.13. The lowest BCUT2D eigenvalue weighted by Gasteiger charge is -2.40. The van der Waals surface area contributed by atoms with Gasteiger partial charge in [-0.05, 0) is 79.9 Å². The molecule has 0 aromatic heterocycles. The van der Waals surface area contributed by atoms with Crippen LogP contribution in [0.15, 0.2) is 77.4 Å². The lowest BCUT2D eigenvalue weighted by Crippen LogP contribution is -2.47. The van der Waals surface area contributed by atoms with Gasteiger partial charge in [-0.25, -0.2) is 17.6 Å². The van der Waals surface area contributed by atoms with Gasteiger partial charge in [-0.3, -0.25) is 9.69 Å². The van der Waals surface area contributed by atoms with Crippen LogP contribution in [-0.2, 0) is 32.3 Å². The number of fused-ring (bicyclic) bond motifs is 1. The largest absolute Gasteiger partial charge is 0.481 e. The minimum atomic E-state index is -4.01. The van der Waals surface area contributed by atoms with Crippen LogP contribution in [0, 0.1) is 11.2 Å². The summed E-state index contributed by atoms with van der Waals surface area (Å²) in [6, 6.07) is 14.6. The normalized spacial score (nSPS) is 25.6. The fourth-order valence-electron chi connectivity index (χ4n) is 6.96. The summed E-state index contributed by atoms with van der Waals surface area (Å²) < 4.78 is 41.5. The number of allylic oxidation sites excluding steroid dienone is 1. The third-order valence-corrected chi connectivity index (χ3v) is 11.4. The second-order valence-corrected chi connectivity index (χ2v) is 14.7. The van der Waals surface area contributed by atoms with Gasteiger partial charge in [-0.15, -0.1) is 0 Å². The van der Waals surface area contributed by atoms with Crippen molar-refractivity contribution in [2.24, 2.45) is 5.41 Å². The van der Waals surface area contributed by atoms with Crippen LogP contribution in [0.2, 0.25) is 0 Å². The third-order valence-electron chi connectivity index (χ3n) is 9.72. The van der Waals surface area contributed by atoms with Gasteiger partial charge in [0, 0.05) is 37.4 Å². The quantitative estimate of drug-likeness (QED) is 0.399. The highest BCUT2D eigenvalue weighted by Crippen LogP contribution is 2.43. The highest BCUT2D eigenvalue weighted by Gasteiger charge is 2.41. The summed E-state index contributed by atoms with van der Waals surface area (Å²) in [6.07, 6.45) is 8.02. The van der Waals surface area contributed by atoms with Crippen LogP contribution in [0.1, 0.15) is 53.9 Å². The van der Waals surface area contributed by atoms with E-state index in [1.165, 1.54) is 36.6 Å². The Kier molecular flexibility index (Phi) is 8.00. The zero-order valence-electron chi connectivity index (χ0n) is 24.7. The minimum absolute atomic E-state index is 0.0155. The molecule has 2 saturated heterocycles. The fourth-order valence-corrected chi connectivity index (χ4v) is 8.29. The fraction of sp³-hybridized carbons (Fsp3) is 0.412. The van der Waals surface area contributed by atoms with Gasteiger partial charge in [-0.1, -0.05) is 48.6 Å². The molecule has 0 saturated carbocycles. The Labute approximate surface area is 257 Å². The van der Waals surface area contributed by atoms with Crippen LogP contribution in [0.25, 0.3) is 0 Å². The SMILES string of the molecule is CC1(C(=O)O)C=CC(S(=O)(=O)CC=CN2CC(c3cc4c(cc3F)CC(N3CCC3)C4Cc3ccccc3)C2)=C(C(=O)O)C1. The maximum Gasteiger partial charge on any atom is 0.332 e. The highest BCUT2D eigenvalue weighted by molar-refractivity contribution is 7.95. The van der Waals surface area contributed by atoms with E-state index in [2.05, 4.69) is 35.2 Å². The molecule has 0 amide bonds. The number of aliphatic carboxylic acids is 2. The Bertz CT molecular complexity index is 1670. The summed E-state index contributed by atoms with van der Waals surface area (Å²) in [6.45, 7) is 4.63. The second kappa shape index (κ2) is 11.6. The molecule has 2 aromatic rings. The molecule has 8 nitrogen and oxygen atoms in total. The van der Waals surface area contributed by atoms with E-state index in [1.54, 1.807) is 12.3 Å². The number of rotatable bonds is 10. The molecular formula is C34H37FN2O6S. The van der Waals surface area contributed by atoms with Gasteiger partial charge in [0.1, 0.15) is 5.82 Å². The number of carboxylic acids is 2. The minimum Gasteiger partial charge on any atom is -0.481 e. The Hall–Kier alpha value is -3.76. The van der Waals surface area contributed by atoms with Crippen LogP contribution in [0.4, 0.5) is 4.39 Å². The molecule has 0 radical (unpaired) electrons. The zero-order chi connectivity index (χ0) is 31.2. The predicted molar refractivity (Wildman–Crippen MR) is 164 cm³/mol. The summed E-state index contributed by atoms with van der Waals surface area (Å²) in [4.78, 5) is 27.5. The number of likely N-dealkylation sites (tertiary alicyclic amines) is 2. The number of hydrogen-bond acceptors (Lipinski definition) is 6. The van der Waals surface area contributed by atoms with Gasteiger partial charge < -0.3 is 15.1 Å². The Morgan fingerprint density at radius 1 is 1.09 bits per heavy atom. The highest BCUT2D eigenvalue weighted by atomic mass is 32.2. The van der Waals surface area contributed by atoms with E-state index in [1.807, 2.05) is 11.0 Å². The molecular weight excluding hydrogens is 583 g/mol. The van der Waals surface area contributed by atoms with E-state index < -0.39 is 44.9 Å². The van der Waals surface area contributed by atoms with Crippen molar-refractivity contribution < 1.29 is 32.6 Å². The van der Waals surface area contributed by atoms with Gasteiger partial charge >= 0.3 is 11.9 Å². The molecule has 2 fully saturated rings. The summed E-state index contributed by atoms with van der Waals surface area (Å²) in [5.41, 5.74) is 2.41. The summed E-state index contributed by atoms with van der Waals surface area (Å²) in [5, 5.41) is 19.1. The van der Waals surface area contributed by atoms with E-state index >= 15 is 4.39 Å². The van der Waals surface area contributed by atoms with Crippen molar-refractivity contribution in [1.29, 1.82) is 0 Å². The number of carbonyl (C=O) groups is 2. The molecule has 2 aliphatic carbocycles. The molecule has 2 heterocycles. The van der Waals surface area contributed by atoms with Gasteiger partial charge in [0.05, 0.1) is 21.6 Å². The smallest absolute Gasteiger partial charge is 0.332 e. The van der Waals surface area contributed by atoms with Crippen LogP contribution >= 0.6 is 0 Å². The van der Waals surface area contributed by atoms with Crippen molar-refractivity contribution in [3.05, 3.63) is 105 Å². The molecule has 2 aromatic carbocycles. The van der Waals surface area contributed by atoms with E-state index in [9.17, 15) is 28.2 Å². The molecule has 0 bridgehead atoms. The summed E-state index contributed by atoms with van der Waals surface area (Å²) in [7, 11) is -4.01. The Morgan fingerprint density at radius 2 is 1.82 bits per heavy atom. The van der Waals surface area contributed by atoms with Gasteiger partial charge in [0.15, 0.2) is 9.84 Å². The molecule has 6 rings (SSSR count). The van der Waals surface area contributed by atoms with Crippen molar-refractivity contribution >= 4 is 21.8 Å². The third kappa shape index (κ3) is 5.73. The monoisotopic (exact) mass is 620 g/mol. The maximum absolute atomic E-state index is 15.4. The van der Waals surface area contributed by atoms with Crippen molar-refractivity contribution in [2.75, 3.05) is 31.9 Å². The number of carboxylic acid groups (broad SMARTS) is 2. The van der Waals surface area contributed by atoms with Crippen molar-refractivity contribution in [2.45, 2.75) is 50.5 Å². The molecule has 2 aliphatic heterocycles. The number of halogens is 1. The lowest BCUT2D eigenvalue weighted by atomic mass is 9.80. The zero-order valence-corrected chi connectivity index (χ0v) is 25.5. The van der Waals surface area contributed by atoms with Crippen LogP contribution in [0.3, 0.4) is 0 Å². The second-order valence-electron chi connectivity index (χ2n) is 12.7. The number of sulfone groups is 1. The van der Waals surface area contributed by atoms with Gasteiger partial charge in [-0.2, -0.15) is 0 Å². The van der Waals surface area contributed by atoms with Crippen LogP contribution in [0.5, 0.6) is 0 Å². The number of hydrogen-bond donors (Lipinski definition) is 2. The van der Waals surface area contributed by atoms with E-state index in [-0.39, 0.29) is 16.6 Å². The molecule has 4 aliphatic rings. The average Bonchev–Trinajstić information content (AvgIpc) is 3.24. The van der Waals surface area contributed by atoms with Gasteiger partial charge in [0.2, 0.25) is 0 Å². The van der Waals surface area contributed by atoms with Gasteiger partial charge in [0.25, 0.3) is 0 Å². The van der Waals surface area contributed by atoms with Crippen molar-refractivity contribution in [3.8, 4) is 0 Å².